The van der Waals surface area contributed by atoms with Gasteiger partial charge in [-0.1, -0.05) is 106 Å². The molecule has 0 aliphatic rings. The van der Waals surface area contributed by atoms with Gasteiger partial charge in [-0.2, -0.15) is 0 Å². The first-order valence-corrected chi connectivity index (χ1v) is 17.7. The summed E-state index contributed by atoms with van der Waals surface area (Å²) in [6, 6.07) is 40.0. The Morgan fingerprint density at radius 2 is 0.958 bits per heavy atom. The highest BCUT2D eigenvalue weighted by Gasteiger charge is 2.24. The highest BCUT2D eigenvalue weighted by atomic mass is 16.5. The first-order chi connectivity index (χ1) is 23.6. The van der Waals surface area contributed by atoms with E-state index in [2.05, 4.69) is 135 Å². The minimum Gasteiger partial charge on any atom is -0.497 e. The van der Waals surface area contributed by atoms with Crippen LogP contribution in [-0.4, -0.2) is 32.2 Å². The van der Waals surface area contributed by atoms with Crippen molar-refractivity contribution < 1.29 is 9.47 Å². The van der Waals surface area contributed by atoms with Crippen LogP contribution in [0.5, 0.6) is 11.5 Å². The number of rotatable bonds is 14. The number of hydrogen-bond donors (Lipinski definition) is 0. The fourth-order valence-electron chi connectivity index (χ4n) is 7.20. The maximum atomic E-state index is 5.58. The van der Waals surface area contributed by atoms with Crippen molar-refractivity contribution in [2.45, 2.75) is 59.4 Å². The van der Waals surface area contributed by atoms with Crippen LogP contribution in [-0.2, 0) is 13.0 Å². The zero-order valence-electron chi connectivity index (χ0n) is 29.3. The maximum Gasteiger partial charge on any atom is 0.118 e. The number of ether oxygens (including phenoxy) is 2. The SMILES string of the molecule is CCCCN(CCCC)Cc1c(-c2ccc(OC)cc2)cc2ccccc2c1-c1c(CC)c(-c2ccc(OC)cc2)cc2ccccc12. The molecule has 0 bridgehead atoms. The lowest BCUT2D eigenvalue weighted by Crippen LogP contribution is -2.26. The third-order valence-corrected chi connectivity index (χ3v) is 9.76. The second kappa shape index (κ2) is 15.5. The number of nitrogens with zero attached hydrogens (tertiary/aromatic N) is 1. The molecule has 0 fully saturated rings. The fourth-order valence-corrected chi connectivity index (χ4v) is 7.20. The van der Waals surface area contributed by atoms with Crippen LogP contribution >= 0.6 is 0 Å². The van der Waals surface area contributed by atoms with E-state index < -0.39 is 0 Å². The van der Waals surface area contributed by atoms with E-state index in [1.807, 2.05) is 0 Å². The van der Waals surface area contributed by atoms with Crippen molar-refractivity contribution in [2.75, 3.05) is 27.3 Å². The van der Waals surface area contributed by atoms with Gasteiger partial charge in [0.25, 0.3) is 0 Å². The van der Waals surface area contributed by atoms with Crippen molar-refractivity contribution >= 4 is 21.5 Å². The molecule has 6 aromatic rings. The Morgan fingerprint density at radius 1 is 0.521 bits per heavy atom. The Morgan fingerprint density at radius 3 is 1.40 bits per heavy atom. The standard InChI is InChI=1S/C45H49NO2/c1-6-9-27-46(28-10-7-2)31-43-42(33-21-25-37(48-5)26-22-33)30-35-16-12-14-18-40(35)45(43)44-38(8-3)41(29-34-15-11-13-17-39(34)44)32-19-23-36(47-4)24-20-32/h11-26,29-30H,6-10,27-28,31H2,1-5H3. The van der Waals surface area contributed by atoms with Crippen molar-refractivity contribution in [1.82, 2.24) is 4.90 Å². The predicted octanol–water partition coefficient (Wildman–Crippen LogP) is 12.0. The highest BCUT2D eigenvalue weighted by Crippen LogP contribution is 2.46. The molecule has 0 radical (unpaired) electrons. The Labute approximate surface area is 287 Å². The number of unbranched alkanes of at least 4 members (excludes halogenated alkanes) is 2. The Bertz CT molecular complexity index is 1970. The zero-order chi connectivity index (χ0) is 33.5. The van der Waals surface area contributed by atoms with Gasteiger partial charge in [-0.05, 0) is 135 Å². The quantitative estimate of drug-likeness (QED) is 0.119. The second-order valence-corrected chi connectivity index (χ2v) is 12.8. The van der Waals surface area contributed by atoms with Crippen LogP contribution in [0.4, 0.5) is 0 Å². The van der Waals surface area contributed by atoms with Crippen LogP contribution in [0.2, 0.25) is 0 Å². The molecule has 0 unspecified atom stereocenters. The second-order valence-electron chi connectivity index (χ2n) is 12.8. The molecular weight excluding hydrogens is 587 g/mol. The van der Waals surface area contributed by atoms with Gasteiger partial charge < -0.3 is 9.47 Å². The summed E-state index contributed by atoms with van der Waals surface area (Å²) in [7, 11) is 3.47. The lowest BCUT2D eigenvalue weighted by Gasteiger charge is -2.28. The molecule has 6 rings (SSSR count). The lowest BCUT2D eigenvalue weighted by atomic mass is 9.80. The van der Waals surface area contributed by atoms with E-state index in [-0.39, 0.29) is 0 Å². The largest absolute Gasteiger partial charge is 0.497 e. The van der Waals surface area contributed by atoms with Crippen LogP contribution in [0, 0.1) is 0 Å². The van der Waals surface area contributed by atoms with Crippen LogP contribution in [0.3, 0.4) is 0 Å². The van der Waals surface area contributed by atoms with E-state index in [0.717, 1.165) is 37.6 Å². The Balaban J connectivity index is 1.73. The van der Waals surface area contributed by atoms with E-state index in [1.54, 1.807) is 14.2 Å². The summed E-state index contributed by atoms with van der Waals surface area (Å²) in [4.78, 5) is 2.70. The summed E-state index contributed by atoms with van der Waals surface area (Å²) in [6.07, 6.45) is 5.68. The summed E-state index contributed by atoms with van der Waals surface area (Å²) in [5.74, 6) is 1.75. The van der Waals surface area contributed by atoms with Crippen LogP contribution in [0.15, 0.2) is 109 Å². The number of benzene rings is 6. The first-order valence-electron chi connectivity index (χ1n) is 17.7. The van der Waals surface area contributed by atoms with Gasteiger partial charge in [-0.15, -0.1) is 0 Å². The topological polar surface area (TPSA) is 21.7 Å². The molecule has 0 saturated heterocycles. The van der Waals surface area contributed by atoms with Crippen molar-refractivity contribution in [3.63, 3.8) is 0 Å². The van der Waals surface area contributed by atoms with Crippen molar-refractivity contribution in [2.24, 2.45) is 0 Å². The third kappa shape index (κ3) is 6.84. The Kier molecular flexibility index (Phi) is 10.8. The molecule has 246 valence electrons. The molecule has 0 heterocycles. The van der Waals surface area contributed by atoms with Crippen molar-refractivity contribution in [3.05, 3.63) is 120 Å². The van der Waals surface area contributed by atoms with Gasteiger partial charge in [0.05, 0.1) is 14.2 Å². The molecular formula is C45H49NO2. The van der Waals surface area contributed by atoms with Gasteiger partial charge in [-0.25, -0.2) is 0 Å². The minimum absolute atomic E-state index is 0.873. The fraction of sp³-hybridized carbons (Fsp3) is 0.289. The average Bonchev–Trinajstić information content (AvgIpc) is 3.14. The van der Waals surface area contributed by atoms with E-state index in [1.165, 1.54) is 91.7 Å². The normalized spacial score (nSPS) is 11.5. The van der Waals surface area contributed by atoms with Crippen molar-refractivity contribution in [1.29, 1.82) is 0 Å². The van der Waals surface area contributed by atoms with E-state index >= 15 is 0 Å². The van der Waals surface area contributed by atoms with E-state index in [9.17, 15) is 0 Å². The molecule has 0 aromatic heterocycles. The molecule has 3 nitrogen and oxygen atoms in total. The number of fused-ring (bicyclic) bond motifs is 2. The summed E-state index contributed by atoms with van der Waals surface area (Å²) in [5.41, 5.74) is 10.5. The molecule has 0 atom stereocenters. The zero-order valence-corrected chi connectivity index (χ0v) is 29.3. The van der Waals surface area contributed by atoms with Crippen LogP contribution in [0.1, 0.15) is 57.6 Å². The number of methoxy groups -OCH3 is 2. The Hall–Kier alpha value is -4.60. The van der Waals surface area contributed by atoms with E-state index in [4.69, 9.17) is 9.47 Å². The van der Waals surface area contributed by atoms with Gasteiger partial charge in [0.15, 0.2) is 0 Å². The predicted molar refractivity (Wildman–Crippen MR) is 205 cm³/mol. The molecule has 0 aliphatic heterocycles. The van der Waals surface area contributed by atoms with Gasteiger partial charge in [0.2, 0.25) is 0 Å². The van der Waals surface area contributed by atoms with Crippen molar-refractivity contribution in [3.8, 4) is 44.9 Å². The van der Waals surface area contributed by atoms with Gasteiger partial charge >= 0.3 is 0 Å². The van der Waals surface area contributed by atoms with E-state index in [0.29, 0.717) is 0 Å². The average molecular weight is 636 g/mol. The smallest absolute Gasteiger partial charge is 0.118 e. The first kappa shape index (κ1) is 33.3. The van der Waals surface area contributed by atoms with Gasteiger partial charge in [0, 0.05) is 6.54 Å². The maximum absolute atomic E-state index is 5.58. The monoisotopic (exact) mass is 635 g/mol. The van der Waals surface area contributed by atoms with Crippen LogP contribution in [0.25, 0.3) is 54.9 Å². The third-order valence-electron chi connectivity index (χ3n) is 9.76. The van der Waals surface area contributed by atoms with Crippen LogP contribution < -0.4 is 9.47 Å². The molecule has 0 aliphatic carbocycles. The molecule has 0 amide bonds. The summed E-state index contributed by atoms with van der Waals surface area (Å²) in [5, 5.41) is 5.13. The molecule has 0 N–H and O–H groups in total. The summed E-state index contributed by atoms with van der Waals surface area (Å²) in [6.45, 7) is 9.99. The number of hydrogen-bond acceptors (Lipinski definition) is 3. The van der Waals surface area contributed by atoms with Gasteiger partial charge in [-0.3, -0.25) is 4.90 Å². The minimum atomic E-state index is 0.873. The highest BCUT2D eigenvalue weighted by molar-refractivity contribution is 6.11. The lowest BCUT2D eigenvalue weighted by molar-refractivity contribution is 0.258. The molecule has 6 aromatic carbocycles. The molecule has 3 heteroatoms. The molecule has 48 heavy (non-hydrogen) atoms. The van der Waals surface area contributed by atoms with Gasteiger partial charge in [0.1, 0.15) is 11.5 Å². The summed E-state index contributed by atoms with van der Waals surface area (Å²) >= 11 is 0. The summed E-state index contributed by atoms with van der Waals surface area (Å²) < 4.78 is 11.1. The molecule has 0 saturated carbocycles. The molecule has 0 spiro atoms.